The second-order valence-electron chi connectivity index (χ2n) is 3.36. The molecule has 5 heteroatoms. The fraction of sp³-hybridized carbons (Fsp3) is 0.250. The molecule has 17 heavy (non-hydrogen) atoms. The highest BCUT2D eigenvalue weighted by Crippen LogP contribution is 2.03. The fourth-order valence-corrected chi connectivity index (χ4v) is 1.12. The molecule has 4 nitrogen and oxygen atoms in total. The molecule has 0 aliphatic rings. The molecule has 0 bridgehead atoms. The van der Waals surface area contributed by atoms with E-state index in [4.69, 9.17) is 5.11 Å². The molecule has 0 atom stereocenters. The van der Waals surface area contributed by atoms with E-state index < -0.39 is 0 Å². The molecule has 92 valence electrons. The standard InChI is InChI=1S/C12H15FN2O2/c13-11-4-2-10(3-5-11)6-8-15-12(17)14-7-1-9-16/h2-6,8,16H,1,7,9H2,(H2,14,15,17)/b8-6+. The van der Waals surface area contributed by atoms with Crippen molar-refractivity contribution in [2.45, 2.75) is 6.42 Å². The quantitative estimate of drug-likeness (QED) is 0.680. The van der Waals surface area contributed by atoms with Crippen molar-refractivity contribution >= 4 is 12.1 Å². The zero-order chi connectivity index (χ0) is 12.5. The van der Waals surface area contributed by atoms with Crippen LogP contribution < -0.4 is 10.6 Å². The first-order chi connectivity index (χ1) is 8.22. The van der Waals surface area contributed by atoms with Gasteiger partial charge in [0.2, 0.25) is 0 Å². The third kappa shape index (κ3) is 5.67. The molecular weight excluding hydrogens is 223 g/mol. The lowest BCUT2D eigenvalue weighted by Crippen LogP contribution is -2.33. The van der Waals surface area contributed by atoms with Crippen LogP contribution in [0.5, 0.6) is 0 Å². The summed E-state index contributed by atoms with van der Waals surface area (Å²) in [6.45, 7) is 0.471. The normalized spacial score (nSPS) is 10.5. The molecular formula is C12H15FN2O2. The van der Waals surface area contributed by atoms with Crippen molar-refractivity contribution < 1.29 is 14.3 Å². The Morgan fingerprint density at radius 3 is 2.71 bits per heavy atom. The predicted octanol–water partition coefficient (Wildman–Crippen LogP) is 1.48. The maximum absolute atomic E-state index is 12.6. The number of carbonyl (C=O) groups excluding carboxylic acids is 1. The Morgan fingerprint density at radius 2 is 2.06 bits per heavy atom. The lowest BCUT2D eigenvalue weighted by molar-refractivity contribution is 0.241. The molecule has 0 fully saturated rings. The molecule has 0 saturated carbocycles. The minimum atomic E-state index is -0.336. The van der Waals surface area contributed by atoms with Gasteiger partial charge in [-0.05, 0) is 30.2 Å². The molecule has 0 aromatic heterocycles. The van der Waals surface area contributed by atoms with Crippen molar-refractivity contribution in [2.75, 3.05) is 13.2 Å². The van der Waals surface area contributed by atoms with Crippen LogP contribution in [0.25, 0.3) is 6.08 Å². The average molecular weight is 238 g/mol. The van der Waals surface area contributed by atoms with E-state index in [1.165, 1.54) is 18.3 Å². The molecule has 3 N–H and O–H groups in total. The van der Waals surface area contributed by atoms with E-state index in [-0.39, 0.29) is 18.5 Å². The number of aliphatic hydroxyl groups is 1. The Kier molecular flexibility index (Phi) is 5.74. The van der Waals surface area contributed by atoms with Gasteiger partial charge in [-0.1, -0.05) is 12.1 Å². The summed E-state index contributed by atoms with van der Waals surface area (Å²) in [5.41, 5.74) is 0.794. The first-order valence-electron chi connectivity index (χ1n) is 5.29. The van der Waals surface area contributed by atoms with E-state index >= 15 is 0 Å². The first kappa shape index (κ1) is 13.2. The molecule has 1 aromatic carbocycles. The second kappa shape index (κ2) is 7.40. The maximum Gasteiger partial charge on any atom is 0.318 e. The third-order valence-corrected chi connectivity index (χ3v) is 1.98. The Balaban J connectivity index is 2.29. The number of urea groups is 1. The van der Waals surface area contributed by atoms with E-state index in [9.17, 15) is 9.18 Å². The Morgan fingerprint density at radius 1 is 1.35 bits per heavy atom. The summed E-state index contributed by atoms with van der Waals surface area (Å²) in [7, 11) is 0. The van der Waals surface area contributed by atoms with Crippen LogP contribution in [-0.2, 0) is 0 Å². The van der Waals surface area contributed by atoms with Gasteiger partial charge in [0.05, 0.1) is 0 Å². The molecule has 0 aliphatic carbocycles. The highest BCUT2D eigenvalue weighted by Gasteiger charge is 1.94. The molecule has 1 rings (SSSR count). The minimum absolute atomic E-state index is 0.0473. The number of amides is 2. The van der Waals surface area contributed by atoms with Crippen LogP contribution in [0, 0.1) is 5.82 Å². The zero-order valence-corrected chi connectivity index (χ0v) is 9.32. The van der Waals surface area contributed by atoms with Crippen LogP contribution >= 0.6 is 0 Å². The van der Waals surface area contributed by atoms with Crippen molar-refractivity contribution in [1.29, 1.82) is 0 Å². The lowest BCUT2D eigenvalue weighted by atomic mass is 10.2. The number of halogens is 1. The van der Waals surface area contributed by atoms with E-state index in [1.54, 1.807) is 18.2 Å². The molecule has 0 spiro atoms. The zero-order valence-electron chi connectivity index (χ0n) is 9.32. The van der Waals surface area contributed by atoms with E-state index in [2.05, 4.69) is 10.6 Å². The van der Waals surface area contributed by atoms with Gasteiger partial charge >= 0.3 is 6.03 Å². The number of carbonyl (C=O) groups is 1. The summed E-state index contributed by atoms with van der Waals surface area (Å²) < 4.78 is 12.6. The maximum atomic E-state index is 12.6. The SMILES string of the molecule is O=C(N/C=C/c1ccc(F)cc1)NCCCO. The predicted molar refractivity (Wildman–Crippen MR) is 63.7 cm³/mol. The Bertz CT molecular complexity index is 377. The number of nitrogens with one attached hydrogen (secondary N) is 2. The van der Waals surface area contributed by atoms with Crippen LogP contribution in [-0.4, -0.2) is 24.3 Å². The fourth-order valence-electron chi connectivity index (χ4n) is 1.12. The Hall–Kier alpha value is -1.88. The molecule has 1 aromatic rings. The van der Waals surface area contributed by atoms with E-state index in [0.717, 1.165) is 5.56 Å². The third-order valence-electron chi connectivity index (χ3n) is 1.98. The summed E-state index contributed by atoms with van der Waals surface area (Å²) in [4.78, 5) is 11.1. The van der Waals surface area contributed by atoms with Crippen molar-refractivity contribution in [3.8, 4) is 0 Å². The van der Waals surface area contributed by atoms with Gasteiger partial charge in [-0.2, -0.15) is 0 Å². The number of hydrogen-bond acceptors (Lipinski definition) is 2. The minimum Gasteiger partial charge on any atom is -0.396 e. The van der Waals surface area contributed by atoms with Gasteiger partial charge in [0.15, 0.2) is 0 Å². The van der Waals surface area contributed by atoms with Crippen LogP contribution in [0.3, 0.4) is 0 Å². The molecule has 0 unspecified atom stereocenters. The Labute approximate surface area is 99.2 Å². The summed E-state index contributed by atoms with van der Waals surface area (Å²) >= 11 is 0. The van der Waals surface area contributed by atoms with Gasteiger partial charge in [0.25, 0.3) is 0 Å². The van der Waals surface area contributed by atoms with Gasteiger partial charge < -0.3 is 15.7 Å². The average Bonchev–Trinajstić information content (AvgIpc) is 2.32. The number of rotatable bonds is 5. The summed E-state index contributed by atoms with van der Waals surface area (Å²) in [6.07, 6.45) is 3.65. The summed E-state index contributed by atoms with van der Waals surface area (Å²) in [5, 5.41) is 13.6. The highest BCUT2D eigenvalue weighted by atomic mass is 19.1. The van der Waals surface area contributed by atoms with E-state index in [1.807, 2.05) is 0 Å². The highest BCUT2D eigenvalue weighted by molar-refractivity contribution is 5.75. The number of aliphatic hydroxyl groups excluding tert-OH is 1. The van der Waals surface area contributed by atoms with Crippen LogP contribution in [0.1, 0.15) is 12.0 Å². The molecule has 0 saturated heterocycles. The molecule has 0 heterocycles. The molecule has 2 amide bonds. The topological polar surface area (TPSA) is 61.4 Å². The van der Waals surface area contributed by atoms with Gasteiger partial charge in [-0.25, -0.2) is 9.18 Å². The largest absolute Gasteiger partial charge is 0.396 e. The van der Waals surface area contributed by atoms with Crippen molar-refractivity contribution in [3.63, 3.8) is 0 Å². The van der Waals surface area contributed by atoms with E-state index in [0.29, 0.717) is 13.0 Å². The second-order valence-corrected chi connectivity index (χ2v) is 3.36. The van der Waals surface area contributed by atoms with Gasteiger partial charge in [0.1, 0.15) is 5.82 Å². The number of benzene rings is 1. The number of hydrogen-bond donors (Lipinski definition) is 3. The van der Waals surface area contributed by atoms with Gasteiger partial charge in [-0.15, -0.1) is 0 Å². The first-order valence-corrected chi connectivity index (χ1v) is 5.29. The van der Waals surface area contributed by atoms with Crippen molar-refractivity contribution in [2.24, 2.45) is 0 Å². The van der Waals surface area contributed by atoms with Crippen molar-refractivity contribution in [1.82, 2.24) is 10.6 Å². The van der Waals surface area contributed by atoms with Crippen molar-refractivity contribution in [3.05, 3.63) is 41.8 Å². The summed E-state index contributed by atoms with van der Waals surface area (Å²) in [6, 6.07) is 5.58. The monoisotopic (exact) mass is 238 g/mol. The molecule has 0 radical (unpaired) electrons. The van der Waals surface area contributed by atoms with Gasteiger partial charge in [-0.3, -0.25) is 0 Å². The van der Waals surface area contributed by atoms with Crippen LogP contribution in [0.2, 0.25) is 0 Å². The van der Waals surface area contributed by atoms with Crippen LogP contribution in [0.4, 0.5) is 9.18 Å². The molecule has 0 aliphatic heterocycles. The van der Waals surface area contributed by atoms with Gasteiger partial charge in [0, 0.05) is 19.4 Å². The lowest BCUT2D eigenvalue weighted by Gasteiger charge is -2.02. The van der Waals surface area contributed by atoms with Crippen LogP contribution in [0.15, 0.2) is 30.5 Å². The summed E-state index contributed by atoms with van der Waals surface area (Å²) in [5.74, 6) is -0.295. The smallest absolute Gasteiger partial charge is 0.318 e.